The van der Waals surface area contributed by atoms with Crippen molar-refractivity contribution in [3.63, 3.8) is 0 Å². The van der Waals surface area contributed by atoms with E-state index in [1.54, 1.807) is 24.3 Å². The molecule has 0 aromatic heterocycles. The summed E-state index contributed by atoms with van der Waals surface area (Å²) in [4.78, 5) is 6.16. The van der Waals surface area contributed by atoms with E-state index in [-0.39, 0.29) is 17.6 Å². The van der Waals surface area contributed by atoms with Gasteiger partial charge in [-0.25, -0.2) is 4.39 Å². The predicted molar refractivity (Wildman–Crippen MR) is 93.4 cm³/mol. The van der Waals surface area contributed by atoms with Crippen LogP contribution in [0.2, 0.25) is 10.0 Å². The van der Waals surface area contributed by atoms with Gasteiger partial charge >= 0.3 is 0 Å². The highest BCUT2D eigenvalue weighted by Gasteiger charge is 2.20. The van der Waals surface area contributed by atoms with E-state index >= 15 is 0 Å². The number of nitrogens with zero attached hydrogens (tertiary/aromatic N) is 2. The summed E-state index contributed by atoms with van der Waals surface area (Å²) in [6, 6.07) is 8.99. The first-order chi connectivity index (χ1) is 10.9. The van der Waals surface area contributed by atoms with Crippen LogP contribution in [0, 0.1) is 5.82 Å². The summed E-state index contributed by atoms with van der Waals surface area (Å²) in [5.74, 6) is -0.277. The maximum atomic E-state index is 14.1. The molecule has 0 unspecified atom stereocenters. The average molecular weight is 355 g/mol. The molecule has 2 aromatic rings. The number of aromatic hydroxyl groups is 1. The van der Waals surface area contributed by atoms with Gasteiger partial charge in [-0.15, -0.1) is 0 Å². The summed E-state index contributed by atoms with van der Waals surface area (Å²) >= 11 is 12.0. The van der Waals surface area contributed by atoms with Gasteiger partial charge in [0.1, 0.15) is 11.6 Å². The van der Waals surface area contributed by atoms with Crippen molar-refractivity contribution in [2.45, 2.75) is 6.04 Å². The van der Waals surface area contributed by atoms with Gasteiger partial charge in [-0.05, 0) is 44.4 Å². The van der Waals surface area contributed by atoms with Crippen LogP contribution in [-0.2, 0) is 0 Å². The van der Waals surface area contributed by atoms with E-state index in [0.29, 0.717) is 27.7 Å². The van der Waals surface area contributed by atoms with E-state index in [9.17, 15) is 9.50 Å². The highest BCUT2D eigenvalue weighted by atomic mass is 35.5. The molecule has 0 bridgehead atoms. The van der Waals surface area contributed by atoms with Crippen molar-refractivity contribution in [2.75, 3.05) is 20.6 Å². The molecular formula is C17H17Cl2FN2O. The Balaban J connectivity index is 2.24. The summed E-state index contributed by atoms with van der Waals surface area (Å²) in [6.45, 7) is 0.291. The van der Waals surface area contributed by atoms with Crippen LogP contribution >= 0.6 is 23.2 Å². The number of benzene rings is 2. The van der Waals surface area contributed by atoms with E-state index in [1.165, 1.54) is 18.3 Å². The lowest BCUT2D eigenvalue weighted by atomic mass is 10.1. The Hall–Kier alpha value is -1.62. The van der Waals surface area contributed by atoms with Crippen molar-refractivity contribution in [1.29, 1.82) is 0 Å². The van der Waals surface area contributed by atoms with E-state index in [4.69, 9.17) is 23.2 Å². The van der Waals surface area contributed by atoms with Crippen LogP contribution in [0.1, 0.15) is 17.2 Å². The fourth-order valence-corrected chi connectivity index (χ4v) is 2.69. The SMILES string of the molecule is CN(C)[C@H](CN=Cc1cc(Cl)ccc1O)c1c(F)cccc1Cl. The lowest BCUT2D eigenvalue weighted by Crippen LogP contribution is -2.24. The monoisotopic (exact) mass is 354 g/mol. The Bertz CT molecular complexity index is 699. The first-order valence-corrected chi connectivity index (χ1v) is 7.74. The van der Waals surface area contributed by atoms with Gasteiger partial charge in [0.25, 0.3) is 0 Å². The Labute approximate surface area is 145 Å². The third kappa shape index (κ3) is 4.44. The molecule has 0 aliphatic carbocycles. The molecule has 23 heavy (non-hydrogen) atoms. The van der Waals surface area contributed by atoms with Crippen LogP contribution in [0.4, 0.5) is 4.39 Å². The first kappa shape index (κ1) is 17.7. The fraction of sp³-hybridized carbons (Fsp3) is 0.235. The molecule has 0 heterocycles. The summed E-state index contributed by atoms with van der Waals surface area (Å²) in [5.41, 5.74) is 0.918. The molecule has 0 saturated heterocycles. The van der Waals surface area contributed by atoms with Crippen molar-refractivity contribution in [3.05, 3.63) is 63.4 Å². The maximum Gasteiger partial charge on any atom is 0.129 e. The molecule has 2 aromatic carbocycles. The van der Waals surface area contributed by atoms with E-state index in [0.717, 1.165) is 0 Å². The second-order valence-corrected chi connectivity index (χ2v) is 6.16. The second-order valence-electron chi connectivity index (χ2n) is 5.31. The summed E-state index contributed by atoms with van der Waals surface area (Å²) < 4.78 is 14.1. The van der Waals surface area contributed by atoms with Crippen LogP contribution in [0.5, 0.6) is 5.75 Å². The van der Waals surface area contributed by atoms with Gasteiger partial charge in [-0.2, -0.15) is 0 Å². The van der Waals surface area contributed by atoms with Crippen LogP contribution in [-0.4, -0.2) is 36.9 Å². The predicted octanol–water partition coefficient (Wildman–Crippen LogP) is 4.56. The topological polar surface area (TPSA) is 35.8 Å². The largest absolute Gasteiger partial charge is 0.507 e. The first-order valence-electron chi connectivity index (χ1n) is 6.99. The van der Waals surface area contributed by atoms with Gasteiger partial charge in [-0.1, -0.05) is 29.3 Å². The highest BCUT2D eigenvalue weighted by Crippen LogP contribution is 2.29. The lowest BCUT2D eigenvalue weighted by molar-refractivity contribution is 0.299. The summed E-state index contributed by atoms with van der Waals surface area (Å²) in [6.07, 6.45) is 1.52. The quantitative estimate of drug-likeness (QED) is 0.798. The fourth-order valence-electron chi connectivity index (χ4n) is 2.22. The van der Waals surface area contributed by atoms with Gasteiger partial charge in [0.2, 0.25) is 0 Å². The standard InChI is InChI=1S/C17H17Cl2FN2O/c1-22(2)15(17-13(19)4-3-5-14(17)20)10-21-9-11-8-12(18)6-7-16(11)23/h3-9,15,23H,10H2,1-2H3/t15-/m1/s1. The Morgan fingerprint density at radius 1 is 1.26 bits per heavy atom. The van der Waals surface area contributed by atoms with Crippen molar-refractivity contribution in [3.8, 4) is 5.75 Å². The number of rotatable bonds is 5. The molecular weight excluding hydrogens is 338 g/mol. The average Bonchev–Trinajstić information content (AvgIpc) is 2.48. The molecule has 0 spiro atoms. The minimum absolute atomic E-state index is 0.0866. The molecule has 0 amide bonds. The number of phenolic OH excluding ortho intramolecular Hbond substituents is 1. The molecule has 1 atom stereocenters. The van der Waals surface area contributed by atoms with Crippen molar-refractivity contribution in [1.82, 2.24) is 4.90 Å². The van der Waals surface area contributed by atoms with Crippen molar-refractivity contribution >= 4 is 29.4 Å². The zero-order valence-corrected chi connectivity index (χ0v) is 14.3. The molecule has 1 N–H and O–H groups in total. The van der Waals surface area contributed by atoms with E-state index in [1.807, 2.05) is 19.0 Å². The zero-order chi connectivity index (χ0) is 17.0. The Morgan fingerprint density at radius 2 is 2.00 bits per heavy atom. The maximum absolute atomic E-state index is 14.1. The molecule has 0 saturated carbocycles. The van der Waals surface area contributed by atoms with Gasteiger partial charge < -0.3 is 10.0 Å². The minimum atomic E-state index is -0.364. The molecule has 2 rings (SSSR count). The summed E-state index contributed by atoms with van der Waals surface area (Å²) in [7, 11) is 3.67. The highest BCUT2D eigenvalue weighted by molar-refractivity contribution is 6.31. The van der Waals surface area contributed by atoms with Gasteiger partial charge in [0.05, 0.1) is 12.6 Å². The normalized spacial score (nSPS) is 13.0. The molecule has 0 fully saturated rings. The van der Waals surface area contributed by atoms with Crippen molar-refractivity contribution in [2.24, 2.45) is 4.99 Å². The number of halogens is 3. The number of phenols is 1. The Kier molecular flexibility index (Phi) is 5.99. The van der Waals surface area contributed by atoms with E-state index in [2.05, 4.69) is 4.99 Å². The van der Waals surface area contributed by atoms with Crippen LogP contribution in [0.25, 0.3) is 0 Å². The molecule has 0 radical (unpaired) electrons. The third-order valence-corrected chi connectivity index (χ3v) is 4.02. The molecule has 6 heteroatoms. The Morgan fingerprint density at radius 3 is 2.65 bits per heavy atom. The smallest absolute Gasteiger partial charge is 0.129 e. The van der Waals surface area contributed by atoms with Crippen LogP contribution in [0.15, 0.2) is 41.4 Å². The van der Waals surface area contributed by atoms with Crippen molar-refractivity contribution < 1.29 is 9.50 Å². The lowest BCUT2D eigenvalue weighted by Gasteiger charge is -2.24. The number of hydrogen-bond acceptors (Lipinski definition) is 3. The molecule has 3 nitrogen and oxygen atoms in total. The van der Waals surface area contributed by atoms with Gasteiger partial charge in [0.15, 0.2) is 0 Å². The third-order valence-electron chi connectivity index (χ3n) is 3.45. The van der Waals surface area contributed by atoms with Gasteiger partial charge in [0, 0.05) is 27.4 Å². The number of hydrogen-bond donors (Lipinski definition) is 1. The minimum Gasteiger partial charge on any atom is -0.507 e. The van der Waals surface area contributed by atoms with Gasteiger partial charge in [-0.3, -0.25) is 4.99 Å². The van der Waals surface area contributed by atoms with Crippen LogP contribution in [0.3, 0.4) is 0 Å². The number of aliphatic imine (C=N–C) groups is 1. The molecule has 0 aliphatic heterocycles. The van der Waals surface area contributed by atoms with E-state index < -0.39 is 0 Å². The molecule has 122 valence electrons. The van der Waals surface area contributed by atoms with Crippen LogP contribution < -0.4 is 0 Å². The summed E-state index contributed by atoms with van der Waals surface area (Å²) in [5, 5.41) is 10.6. The molecule has 0 aliphatic rings. The second kappa shape index (κ2) is 7.77. The number of likely N-dealkylation sites (N-methyl/N-ethyl adjacent to an activating group) is 1. The zero-order valence-electron chi connectivity index (χ0n) is 12.8.